The van der Waals surface area contributed by atoms with Gasteiger partial charge in [0.05, 0.1) is 12.4 Å². The van der Waals surface area contributed by atoms with Gasteiger partial charge in [0.25, 0.3) is 0 Å². The number of nitriles is 1. The first kappa shape index (κ1) is 13.0. The van der Waals surface area contributed by atoms with E-state index in [-0.39, 0.29) is 5.69 Å². The van der Waals surface area contributed by atoms with Gasteiger partial charge < -0.3 is 4.74 Å². The third kappa shape index (κ3) is 3.08. The molecule has 2 rings (SSSR count). The van der Waals surface area contributed by atoms with Crippen LogP contribution in [0.25, 0.3) is 0 Å². The standard InChI is InChI=1S/C15H15N3O/c1-10(2)14-5-4-13(6-11(14)3)19-15-9-17-12(7-16)8-18-15/h4-6,8-10H,1-3H3. The monoisotopic (exact) mass is 253 g/mol. The molecule has 0 aliphatic heterocycles. The summed E-state index contributed by atoms with van der Waals surface area (Å²) in [6.07, 6.45) is 2.84. The fraction of sp³-hybridized carbons (Fsp3) is 0.267. The van der Waals surface area contributed by atoms with Crippen molar-refractivity contribution in [3.8, 4) is 17.7 Å². The zero-order valence-corrected chi connectivity index (χ0v) is 11.2. The highest BCUT2D eigenvalue weighted by Gasteiger charge is 2.06. The molecule has 19 heavy (non-hydrogen) atoms. The predicted molar refractivity (Wildman–Crippen MR) is 72.1 cm³/mol. The Morgan fingerprint density at radius 3 is 2.53 bits per heavy atom. The van der Waals surface area contributed by atoms with Gasteiger partial charge in [-0.25, -0.2) is 9.97 Å². The van der Waals surface area contributed by atoms with Crippen LogP contribution in [0.2, 0.25) is 0 Å². The normalized spacial score (nSPS) is 10.3. The Hall–Kier alpha value is -2.41. The maximum atomic E-state index is 8.64. The van der Waals surface area contributed by atoms with E-state index >= 15 is 0 Å². The van der Waals surface area contributed by atoms with Crippen LogP contribution in [-0.4, -0.2) is 9.97 Å². The van der Waals surface area contributed by atoms with Gasteiger partial charge in [0.2, 0.25) is 5.88 Å². The number of rotatable bonds is 3. The molecule has 1 heterocycles. The summed E-state index contributed by atoms with van der Waals surface area (Å²) in [6.45, 7) is 6.39. The minimum absolute atomic E-state index is 0.277. The molecule has 1 aromatic carbocycles. The third-order valence-corrected chi connectivity index (χ3v) is 2.83. The first-order chi connectivity index (χ1) is 9.10. The number of aromatic nitrogens is 2. The highest BCUT2D eigenvalue weighted by atomic mass is 16.5. The molecule has 4 heteroatoms. The van der Waals surface area contributed by atoms with Crippen molar-refractivity contribution in [2.45, 2.75) is 26.7 Å². The molecule has 0 aliphatic carbocycles. The molecule has 0 aliphatic rings. The number of hydrogen-bond donors (Lipinski definition) is 0. The Balaban J connectivity index is 2.19. The van der Waals surface area contributed by atoms with Crippen LogP contribution in [0.4, 0.5) is 0 Å². The zero-order chi connectivity index (χ0) is 13.8. The fourth-order valence-electron chi connectivity index (χ4n) is 1.91. The summed E-state index contributed by atoms with van der Waals surface area (Å²) in [4.78, 5) is 7.94. The lowest BCUT2D eigenvalue weighted by atomic mass is 9.98. The van der Waals surface area contributed by atoms with Crippen LogP contribution in [0, 0.1) is 18.3 Å². The van der Waals surface area contributed by atoms with E-state index in [0.717, 1.165) is 5.75 Å². The molecule has 0 N–H and O–H groups in total. The summed E-state index contributed by atoms with van der Waals surface area (Å²) < 4.78 is 5.61. The van der Waals surface area contributed by atoms with E-state index in [0.29, 0.717) is 11.8 Å². The average Bonchev–Trinajstić information content (AvgIpc) is 2.39. The van der Waals surface area contributed by atoms with E-state index in [1.165, 1.54) is 23.5 Å². The molecule has 0 amide bonds. The van der Waals surface area contributed by atoms with Crippen molar-refractivity contribution in [1.29, 1.82) is 5.26 Å². The lowest BCUT2D eigenvalue weighted by Gasteiger charge is -2.11. The quantitative estimate of drug-likeness (QED) is 0.839. The fourth-order valence-corrected chi connectivity index (χ4v) is 1.91. The molecule has 0 saturated heterocycles. The van der Waals surface area contributed by atoms with Crippen LogP contribution >= 0.6 is 0 Å². The van der Waals surface area contributed by atoms with E-state index in [1.54, 1.807) is 0 Å². The number of nitrogens with zero attached hydrogens (tertiary/aromatic N) is 3. The summed E-state index contributed by atoms with van der Waals surface area (Å²) in [5.41, 5.74) is 2.77. The zero-order valence-electron chi connectivity index (χ0n) is 11.2. The molecule has 1 aromatic heterocycles. The van der Waals surface area contributed by atoms with E-state index in [4.69, 9.17) is 10.00 Å². The van der Waals surface area contributed by atoms with E-state index in [2.05, 4.69) is 36.8 Å². The van der Waals surface area contributed by atoms with Crippen molar-refractivity contribution in [3.05, 3.63) is 47.4 Å². The SMILES string of the molecule is Cc1cc(Oc2cnc(C#N)cn2)ccc1C(C)C. The second-order valence-electron chi connectivity index (χ2n) is 4.63. The molecular formula is C15H15N3O. The maximum absolute atomic E-state index is 8.64. The third-order valence-electron chi connectivity index (χ3n) is 2.83. The van der Waals surface area contributed by atoms with E-state index in [9.17, 15) is 0 Å². The first-order valence-corrected chi connectivity index (χ1v) is 6.10. The lowest BCUT2D eigenvalue weighted by molar-refractivity contribution is 0.459. The Labute approximate surface area is 112 Å². The molecule has 0 atom stereocenters. The average molecular weight is 253 g/mol. The van der Waals surface area contributed by atoms with Crippen LogP contribution < -0.4 is 4.74 Å². The minimum atomic E-state index is 0.277. The van der Waals surface area contributed by atoms with Gasteiger partial charge in [-0.05, 0) is 36.1 Å². The summed E-state index contributed by atoms with van der Waals surface area (Å²) in [7, 11) is 0. The second kappa shape index (κ2) is 5.49. The highest BCUT2D eigenvalue weighted by molar-refractivity contribution is 5.37. The van der Waals surface area contributed by atoms with Crippen molar-refractivity contribution in [1.82, 2.24) is 9.97 Å². The van der Waals surface area contributed by atoms with E-state index in [1.807, 2.05) is 18.2 Å². The Bertz CT molecular complexity index is 612. The Kier molecular flexibility index (Phi) is 3.76. The molecule has 2 aromatic rings. The van der Waals surface area contributed by atoms with Crippen LogP contribution in [0.1, 0.15) is 36.6 Å². The van der Waals surface area contributed by atoms with Crippen LogP contribution in [0.5, 0.6) is 11.6 Å². The van der Waals surface area contributed by atoms with Gasteiger partial charge in [-0.15, -0.1) is 0 Å². The molecule has 0 radical (unpaired) electrons. The summed E-state index contributed by atoms with van der Waals surface area (Å²) in [5.74, 6) is 1.60. The highest BCUT2D eigenvalue weighted by Crippen LogP contribution is 2.25. The van der Waals surface area contributed by atoms with Gasteiger partial charge in [-0.2, -0.15) is 5.26 Å². The molecular weight excluding hydrogens is 238 g/mol. The number of ether oxygens (including phenoxy) is 1. The van der Waals surface area contributed by atoms with Crippen molar-refractivity contribution < 1.29 is 4.74 Å². The number of aryl methyl sites for hydroxylation is 1. The van der Waals surface area contributed by atoms with Gasteiger partial charge >= 0.3 is 0 Å². The largest absolute Gasteiger partial charge is 0.437 e. The predicted octanol–water partition coefficient (Wildman–Crippen LogP) is 3.57. The van der Waals surface area contributed by atoms with Gasteiger partial charge in [0, 0.05) is 0 Å². The first-order valence-electron chi connectivity index (χ1n) is 6.10. The van der Waals surface area contributed by atoms with Crippen molar-refractivity contribution in [3.63, 3.8) is 0 Å². The maximum Gasteiger partial charge on any atom is 0.237 e. The van der Waals surface area contributed by atoms with Crippen LogP contribution in [-0.2, 0) is 0 Å². The van der Waals surface area contributed by atoms with Gasteiger partial charge in [0.15, 0.2) is 5.69 Å². The topological polar surface area (TPSA) is 58.8 Å². The molecule has 0 saturated carbocycles. The molecule has 0 fully saturated rings. The molecule has 0 unspecified atom stereocenters. The molecule has 0 bridgehead atoms. The lowest BCUT2D eigenvalue weighted by Crippen LogP contribution is -1.94. The van der Waals surface area contributed by atoms with Gasteiger partial charge in [0.1, 0.15) is 11.8 Å². The summed E-state index contributed by atoms with van der Waals surface area (Å²) in [5, 5.41) is 8.64. The van der Waals surface area contributed by atoms with Crippen LogP contribution in [0.3, 0.4) is 0 Å². The number of benzene rings is 1. The summed E-state index contributed by atoms with van der Waals surface area (Å²) in [6, 6.07) is 7.88. The minimum Gasteiger partial charge on any atom is -0.437 e. The molecule has 96 valence electrons. The van der Waals surface area contributed by atoms with Crippen molar-refractivity contribution in [2.75, 3.05) is 0 Å². The second-order valence-corrected chi connectivity index (χ2v) is 4.63. The van der Waals surface area contributed by atoms with Crippen LogP contribution in [0.15, 0.2) is 30.6 Å². The smallest absolute Gasteiger partial charge is 0.237 e. The Morgan fingerprint density at radius 2 is 2.00 bits per heavy atom. The van der Waals surface area contributed by atoms with E-state index < -0.39 is 0 Å². The van der Waals surface area contributed by atoms with Gasteiger partial charge in [-0.3, -0.25) is 0 Å². The van der Waals surface area contributed by atoms with Gasteiger partial charge in [-0.1, -0.05) is 19.9 Å². The number of hydrogen-bond acceptors (Lipinski definition) is 4. The van der Waals surface area contributed by atoms with Crippen molar-refractivity contribution >= 4 is 0 Å². The molecule has 4 nitrogen and oxygen atoms in total. The molecule has 0 spiro atoms. The van der Waals surface area contributed by atoms with Crippen molar-refractivity contribution in [2.24, 2.45) is 0 Å². The Morgan fingerprint density at radius 1 is 1.21 bits per heavy atom. The summed E-state index contributed by atoms with van der Waals surface area (Å²) >= 11 is 0.